The molecule has 0 fully saturated rings. The number of amides is 10. The molecule has 1 aromatic carbocycles. The Bertz CT molecular complexity index is 2290. The van der Waals surface area contributed by atoms with Gasteiger partial charge in [-0.25, -0.2) is 9.59 Å². The average molecular weight is 1200 g/mol. The molecule has 21 N–H and O–H groups in total. The lowest BCUT2D eigenvalue weighted by Crippen LogP contribution is -2.54. The number of rotatable bonds is 42. The van der Waals surface area contributed by atoms with E-state index in [2.05, 4.69) is 37.2 Å². The van der Waals surface area contributed by atoms with E-state index in [4.69, 9.17) is 5.73 Å². The van der Waals surface area contributed by atoms with Crippen LogP contribution in [0, 0.1) is 5.92 Å². The number of nitrogens with two attached hydrogens (primary N) is 1. The van der Waals surface area contributed by atoms with Gasteiger partial charge in [-0.2, -0.15) is 0 Å². The van der Waals surface area contributed by atoms with Gasteiger partial charge >= 0.3 is 12.0 Å². The Morgan fingerprint density at radius 1 is 0.560 bits per heavy atom. The molecule has 10 amide bonds. The number of nitrogens with zero attached hydrogens (tertiary/aromatic N) is 2. The third-order valence-corrected chi connectivity index (χ3v) is 13.3. The van der Waals surface area contributed by atoms with Crippen molar-refractivity contribution in [3.63, 3.8) is 0 Å². The van der Waals surface area contributed by atoms with Crippen LogP contribution in [0.5, 0.6) is 0 Å². The molecule has 2 unspecified atom stereocenters. The highest BCUT2D eigenvalue weighted by Gasteiger charge is 2.36. The highest BCUT2D eigenvalue weighted by molar-refractivity contribution is 6.14. The second kappa shape index (κ2) is 38.2. The van der Waals surface area contributed by atoms with Crippen LogP contribution in [0.1, 0.15) is 83.6 Å². The van der Waals surface area contributed by atoms with Gasteiger partial charge in [-0.3, -0.25) is 48.2 Å². The number of carboxylic acid groups (broad SMARTS) is 1. The molecule has 1 aliphatic heterocycles. The van der Waals surface area contributed by atoms with Gasteiger partial charge in [-0.05, 0) is 81.5 Å². The van der Waals surface area contributed by atoms with Crippen molar-refractivity contribution in [1.82, 2.24) is 41.7 Å². The predicted octanol–water partition coefficient (Wildman–Crippen LogP) is -7.42. The van der Waals surface area contributed by atoms with Crippen molar-refractivity contribution in [2.24, 2.45) is 11.7 Å². The van der Waals surface area contributed by atoms with Crippen LogP contribution in [0.25, 0.3) is 0 Å². The number of carbonyl (C=O) groups excluding carboxylic acids is 9. The van der Waals surface area contributed by atoms with Gasteiger partial charge in [0.15, 0.2) is 0 Å². The predicted molar refractivity (Wildman–Crippen MR) is 292 cm³/mol. The van der Waals surface area contributed by atoms with Crippen molar-refractivity contribution in [3.05, 3.63) is 42.0 Å². The average Bonchev–Trinajstić information content (AvgIpc) is 3.79. The van der Waals surface area contributed by atoms with Crippen LogP contribution in [0.4, 0.5) is 10.5 Å². The van der Waals surface area contributed by atoms with Gasteiger partial charge in [0.05, 0.1) is 32.0 Å². The summed E-state index contributed by atoms with van der Waals surface area (Å²) >= 11 is 0. The number of unbranched alkanes of at least 4 members (excludes halogenated alkanes) is 2. The lowest BCUT2D eigenvalue weighted by molar-refractivity contribution is -0.143. The van der Waals surface area contributed by atoms with Crippen LogP contribution in [0.3, 0.4) is 0 Å². The first-order valence-electron chi connectivity index (χ1n) is 27.3. The molecule has 0 bridgehead atoms. The molecule has 0 saturated carbocycles. The molecule has 1 aliphatic rings. The number of hydrogen-bond acceptors (Lipinski definition) is 22. The SMILES string of the molecule is CC(C)[C@H](NC(=O)CCC(=O)NCCCCC(NC(=O)[C@H](CCCCN(C[C@H](O)[C@@H](O)[C@H](O)[C@H](O)CO)C[C@H](O)[C@@H](O)[C@H](O)[C@H](O)CO)NC(=O)CN1C(=O)C=CC1=O)C(=O)O)C(=O)NC(CCCNC(N)=O)C(=O)Nc1ccc(CO)cc1. The van der Waals surface area contributed by atoms with Crippen molar-refractivity contribution in [2.75, 3.05) is 57.8 Å². The van der Waals surface area contributed by atoms with E-state index in [0.717, 1.165) is 12.2 Å². The van der Waals surface area contributed by atoms with Crippen LogP contribution in [-0.2, 0) is 49.8 Å². The second-order valence-corrected chi connectivity index (χ2v) is 20.4. The first-order chi connectivity index (χ1) is 39.6. The number of hydrogen-bond donors (Lipinski definition) is 20. The number of urea groups is 1. The van der Waals surface area contributed by atoms with Crippen LogP contribution >= 0.6 is 0 Å². The Kier molecular flexibility index (Phi) is 33.3. The number of aliphatic carboxylic acids is 1. The number of primary amides is 1. The quantitative estimate of drug-likeness (QED) is 0.0214. The summed E-state index contributed by atoms with van der Waals surface area (Å²) in [5, 5.41) is 138. The van der Waals surface area contributed by atoms with Gasteiger partial charge in [0.25, 0.3) is 11.8 Å². The summed E-state index contributed by atoms with van der Waals surface area (Å²) in [6.45, 7) is -1.01. The topological polar surface area (TPSA) is 530 Å². The fourth-order valence-electron chi connectivity index (χ4n) is 8.35. The van der Waals surface area contributed by atoms with Crippen LogP contribution in [0.15, 0.2) is 36.4 Å². The monoisotopic (exact) mass is 1200 g/mol. The lowest BCUT2D eigenvalue weighted by atomic mass is 10.0. The molecule has 32 heteroatoms. The summed E-state index contributed by atoms with van der Waals surface area (Å²) in [4.78, 5) is 129. The number of benzene rings is 1. The van der Waals surface area contributed by atoms with E-state index >= 15 is 0 Å². The number of imide groups is 1. The van der Waals surface area contributed by atoms with Crippen molar-refractivity contribution in [3.8, 4) is 0 Å². The van der Waals surface area contributed by atoms with Gasteiger partial charge in [0.1, 0.15) is 67.3 Å². The molecule has 0 spiro atoms. The molecule has 0 saturated heterocycles. The Balaban J connectivity index is 2.06. The first kappa shape index (κ1) is 73.3. The fourth-order valence-corrected chi connectivity index (χ4v) is 8.35. The molecule has 32 nitrogen and oxygen atoms in total. The number of carbonyl (C=O) groups is 10. The molecule has 0 aliphatic carbocycles. The molecule has 2 rings (SSSR count). The van der Waals surface area contributed by atoms with E-state index in [9.17, 15) is 109 Å². The zero-order chi connectivity index (χ0) is 63.2. The Labute approximate surface area is 483 Å². The van der Waals surface area contributed by atoms with Crippen LogP contribution in [0.2, 0.25) is 0 Å². The zero-order valence-electron chi connectivity index (χ0n) is 46.8. The Hall–Kier alpha value is -6.82. The van der Waals surface area contributed by atoms with Gasteiger partial charge in [0.2, 0.25) is 35.4 Å². The van der Waals surface area contributed by atoms with Crippen molar-refractivity contribution < 1.29 is 109 Å². The zero-order valence-corrected chi connectivity index (χ0v) is 46.8. The molecule has 12 atom stereocenters. The largest absolute Gasteiger partial charge is 0.480 e. The van der Waals surface area contributed by atoms with Gasteiger partial charge < -0.3 is 104 Å². The lowest BCUT2D eigenvalue weighted by Gasteiger charge is -2.33. The first-order valence-corrected chi connectivity index (χ1v) is 27.3. The van der Waals surface area contributed by atoms with E-state index in [1.807, 2.05) is 0 Å². The number of aliphatic hydroxyl groups excluding tert-OH is 11. The number of carboxylic acids is 1. The van der Waals surface area contributed by atoms with Gasteiger partial charge in [-0.1, -0.05) is 26.0 Å². The van der Waals surface area contributed by atoms with E-state index in [1.54, 1.807) is 38.1 Å². The second-order valence-electron chi connectivity index (χ2n) is 20.4. The number of nitrogens with one attached hydrogen (secondary N) is 7. The Morgan fingerprint density at radius 3 is 1.57 bits per heavy atom. The van der Waals surface area contributed by atoms with Gasteiger partial charge in [-0.15, -0.1) is 0 Å². The highest BCUT2D eigenvalue weighted by Crippen LogP contribution is 2.16. The minimum atomic E-state index is -2.07. The van der Waals surface area contributed by atoms with Gasteiger partial charge in [0, 0.05) is 56.9 Å². The molecule has 474 valence electrons. The maximum atomic E-state index is 13.7. The van der Waals surface area contributed by atoms with Crippen molar-refractivity contribution in [1.29, 1.82) is 0 Å². The molecule has 0 aromatic heterocycles. The third kappa shape index (κ3) is 26.4. The maximum Gasteiger partial charge on any atom is 0.326 e. The van der Waals surface area contributed by atoms with Crippen LogP contribution < -0.4 is 43.0 Å². The fraction of sp³-hybridized carbons (Fsp3) is 0.654. The normalized spacial score (nSPS) is 16.7. The standard InChI is InChI=1S/C52H84N10O22/c1-28(2)43(50(81)58-32(10-7-20-55-52(53)84)48(79)56-30-13-11-29(25-63)12-14-30)60-39(71)16-15-38(70)54-19-5-3-9-33(51(82)83)59-49(80)31(57-40(72)24-62-41(73)17-18-42(62)74)8-4-6-21-61(22-34(66)44(75)46(77)36(68)26-64)23-35(67)45(76)47(78)37(69)27-65/h11-14,17-18,28,31-37,43-47,63-69,75-78H,3-10,15-16,19-27H2,1-2H3,(H,54,70)(H,56,79)(H,57,72)(H,58,81)(H,59,80)(H,60,71)(H,82,83)(H3,53,55,84)/t31-,32?,33?,34-,35-,36+,37+,43-,44+,45+,46+,47+/m0/s1. The molecular formula is C52H84N10O22. The van der Waals surface area contributed by atoms with E-state index in [-0.39, 0.29) is 90.4 Å². The van der Waals surface area contributed by atoms with E-state index < -0.39 is 171 Å². The molecule has 1 aromatic rings. The molecular weight excluding hydrogens is 1120 g/mol. The Morgan fingerprint density at radius 2 is 1.05 bits per heavy atom. The van der Waals surface area contributed by atoms with Crippen LogP contribution in [-0.4, -0.2) is 256 Å². The van der Waals surface area contributed by atoms with Crippen molar-refractivity contribution in [2.45, 2.75) is 158 Å². The third-order valence-electron chi connectivity index (χ3n) is 13.3. The number of anilines is 1. The summed E-state index contributed by atoms with van der Waals surface area (Å²) in [5.41, 5.74) is 6.11. The molecule has 0 radical (unpaired) electrons. The number of aliphatic hydroxyl groups is 11. The van der Waals surface area contributed by atoms with E-state index in [1.165, 1.54) is 4.90 Å². The van der Waals surface area contributed by atoms with E-state index in [0.29, 0.717) is 16.2 Å². The summed E-state index contributed by atoms with van der Waals surface area (Å²) < 4.78 is 0. The minimum Gasteiger partial charge on any atom is -0.480 e. The van der Waals surface area contributed by atoms with Crippen molar-refractivity contribution >= 4 is 64.9 Å². The summed E-state index contributed by atoms with van der Waals surface area (Å²) in [6.07, 6.45) is -14.5. The summed E-state index contributed by atoms with van der Waals surface area (Å²) in [5.74, 6) is -8.16. The smallest absolute Gasteiger partial charge is 0.326 e. The highest BCUT2D eigenvalue weighted by atomic mass is 16.4. The minimum absolute atomic E-state index is 0.00260. The molecule has 84 heavy (non-hydrogen) atoms. The summed E-state index contributed by atoms with van der Waals surface area (Å²) in [6, 6.07) is 0.177. The molecule has 1 heterocycles. The maximum absolute atomic E-state index is 13.7. The summed E-state index contributed by atoms with van der Waals surface area (Å²) in [7, 11) is 0.